The fourth-order valence-corrected chi connectivity index (χ4v) is 5.22. The van der Waals surface area contributed by atoms with Gasteiger partial charge in [0.15, 0.2) is 5.82 Å². The van der Waals surface area contributed by atoms with Crippen molar-refractivity contribution in [2.45, 2.75) is 77.3 Å². The zero-order valence-corrected chi connectivity index (χ0v) is 20.1. The summed E-state index contributed by atoms with van der Waals surface area (Å²) < 4.78 is 13.7. The third kappa shape index (κ3) is 5.06. The highest BCUT2D eigenvalue weighted by atomic mass is 16.5. The molecule has 0 saturated carbocycles. The summed E-state index contributed by atoms with van der Waals surface area (Å²) in [5.41, 5.74) is 2.72. The molecule has 9 nitrogen and oxygen atoms in total. The molecule has 0 aliphatic carbocycles. The van der Waals surface area contributed by atoms with Crippen LogP contribution in [0.15, 0.2) is 29.1 Å². The molecule has 0 spiro atoms. The topological polar surface area (TPSA) is 98.2 Å². The Morgan fingerprint density at radius 2 is 1.97 bits per heavy atom. The number of H-pyrrole nitrogens is 1. The predicted octanol–water partition coefficient (Wildman–Crippen LogP) is 3.13. The van der Waals surface area contributed by atoms with Gasteiger partial charge in [0.2, 0.25) is 0 Å². The average molecular weight is 467 g/mol. The SMILES string of the molecule is CC[C@H](c1nnnn1C[C@H]1CCCO1)N(Cc1cc2cc(C)ccc2[nH]c1=O)C[C@@H]1CCCO1. The number of aromatic nitrogens is 5. The van der Waals surface area contributed by atoms with Crippen molar-refractivity contribution >= 4 is 10.9 Å². The lowest BCUT2D eigenvalue weighted by Crippen LogP contribution is -2.38. The van der Waals surface area contributed by atoms with E-state index in [1.807, 2.05) is 22.9 Å². The van der Waals surface area contributed by atoms with E-state index in [0.717, 1.165) is 74.2 Å². The molecule has 2 saturated heterocycles. The first-order chi connectivity index (χ1) is 16.6. The van der Waals surface area contributed by atoms with E-state index >= 15 is 0 Å². The van der Waals surface area contributed by atoms with Crippen molar-refractivity contribution in [1.29, 1.82) is 0 Å². The molecule has 2 aliphatic heterocycles. The van der Waals surface area contributed by atoms with Crippen molar-refractivity contribution in [3.05, 3.63) is 51.6 Å². The molecule has 1 N–H and O–H groups in total. The Kier molecular flexibility index (Phi) is 7.03. The Balaban J connectivity index is 1.46. The van der Waals surface area contributed by atoms with Gasteiger partial charge in [0.25, 0.3) is 5.56 Å². The minimum atomic E-state index is -0.0532. The number of benzene rings is 1. The van der Waals surface area contributed by atoms with Gasteiger partial charge in [-0.1, -0.05) is 18.6 Å². The third-order valence-electron chi connectivity index (χ3n) is 7.00. The lowest BCUT2D eigenvalue weighted by atomic mass is 10.1. The van der Waals surface area contributed by atoms with Crippen LogP contribution in [0.2, 0.25) is 0 Å². The van der Waals surface area contributed by atoms with Crippen molar-refractivity contribution in [1.82, 2.24) is 30.1 Å². The van der Waals surface area contributed by atoms with Gasteiger partial charge in [-0.25, -0.2) is 4.68 Å². The second kappa shape index (κ2) is 10.3. The highest BCUT2D eigenvalue weighted by Gasteiger charge is 2.30. The van der Waals surface area contributed by atoms with Crippen LogP contribution in [0.4, 0.5) is 0 Å². The molecule has 0 unspecified atom stereocenters. The van der Waals surface area contributed by atoms with Gasteiger partial charge >= 0.3 is 0 Å². The summed E-state index contributed by atoms with van der Waals surface area (Å²) in [5, 5.41) is 13.8. The van der Waals surface area contributed by atoms with Crippen LogP contribution in [-0.4, -0.2) is 62.1 Å². The number of hydrogen-bond acceptors (Lipinski definition) is 7. The van der Waals surface area contributed by atoms with E-state index in [0.29, 0.717) is 13.1 Å². The van der Waals surface area contributed by atoms with Gasteiger partial charge in [-0.05, 0) is 73.0 Å². The number of ether oxygens (including phenoxy) is 2. The Labute approximate surface area is 199 Å². The molecular weight excluding hydrogens is 432 g/mol. The summed E-state index contributed by atoms with van der Waals surface area (Å²) in [6.07, 6.45) is 5.33. The number of nitrogens with zero attached hydrogens (tertiary/aromatic N) is 5. The molecule has 5 rings (SSSR count). The molecule has 2 aliphatic rings. The molecule has 2 fully saturated rings. The monoisotopic (exact) mass is 466 g/mol. The van der Waals surface area contributed by atoms with Crippen molar-refractivity contribution in [3.63, 3.8) is 0 Å². The largest absolute Gasteiger partial charge is 0.377 e. The van der Waals surface area contributed by atoms with Crippen LogP contribution in [0.1, 0.15) is 62.0 Å². The van der Waals surface area contributed by atoms with Gasteiger partial charge in [0.1, 0.15) is 0 Å². The van der Waals surface area contributed by atoms with E-state index in [1.54, 1.807) is 0 Å². The highest BCUT2D eigenvalue weighted by Crippen LogP contribution is 2.27. The van der Waals surface area contributed by atoms with E-state index in [2.05, 4.69) is 45.3 Å². The number of rotatable bonds is 9. The first-order valence-electron chi connectivity index (χ1n) is 12.5. The van der Waals surface area contributed by atoms with Crippen LogP contribution < -0.4 is 5.56 Å². The van der Waals surface area contributed by atoms with Crippen molar-refractivity contribution < 1.29 is 9.47 Å². The van der Waals surface area contributed by atoms with Crippen LogP contribution in [0.5, 0.6) is 0 Å². The fourth-order valence-electron chi connectivity index (χ4n) is 5.22. The Bertz CT molecular complexity index is 1160. The van der Waals surface area contributed by atoms with Crippen LogP contribution in [-0.2, 0) is 22.6 Å². The molecule has 9 heteroatoms. The van der Waals surface area contributed by atoms with Crippen LogP contribution in [0.25, 0.3) is 10.9 Å². The van der Waals surface area contributed by atoms with E-state index in [9.17, 15) is 4.79 Å². The maximum absolute atomic E-state index is 13.0. The minimum Gasteiger partial charge on any atom is -0.377 e. The summed E-state index contributed by atoms with van der Waals surface area (Å²) in [7, 11) is 0. The first kappa shape index (κ1) is 23.1. The molecule has 0 radical (unpaired) electrons. The van der Waals surface area contributed by atoms with Gasteiger partial charge < -0.3 is 14.5 Å². The maximum Gasteiger partial charge on any atom is 0.252 e. The predicted molar refractivity (Wildman–Crippen MR) is 129 cm³/mol. The number of hydrogen-bond donors (Lipinski definition) is 1. The minimum absolute atomic E-state index is 0.0341. The average Bonchev–Trinajstić information content (AvgIpc) is 3.60. The number of tetrazole rings is 1. The molecule has 0 bridgehead atoms. The van der Waals surface area contributed by atoms with E-state index in [4.69, 9.17) is 9.47 Å². The maximum atomic E-state index is 13.0. The third-order valence-corrected chi connectivity index (χ3v) is 7.00. The molecule has 3 atom stereocenters. The second-order valence-electron chi connectivity index (χ2n) is 9.56. The van der Waals surface area contributed by atoms with Crippen molar-refractivity contribution in [2.75, 3.05) is 19.8 Å². The normalized spacial score (nSPS) is 21.6. The number of pyridine rings is 1. The Morgan fingerprint density at radius 1 is 1.18 bits per heavy atom. The van der Waals surface area contributed by atoms with E-state index in [-0.39, 0.29) is 23.8 Å². The molecule has 3 aromatic rings. The Morgan fingerprint density at radius 3 is 2.71 bits per heavy atom. The van der Waals surface area contributed by atoms with Gasteiger partial charge in [-0.3, -0.25) is 9.69 Å². The Hall–Kier alpha value is -2.62. The quantitative estimate of drug-likeness (QED) is 0.517. The van der Waals surface area contributed by atoms with Gasteiger partial charge in [-0.15, -0.1) is 5.10 Å². The zero-order valence-electron chi connectivity index (χ0n) is 20.1. The van der Waals surface area contributed by atoms with Crippen molar-refractivity contribution in [2.24, 2.45) is 0 Å². The van der Waals surface area contributed by atoms with E-state index < -0.39 is 0 Å². The summed E-state index contributed by atoms with van der Waals surface area (Å²) in [6.45, 7) is 7.70. The number of aromatic amines is 1. The highest BCUT2D eigenvalue weighted by molar-refractivity contribution is 5.79. The number of aryl methyl sites for hydroxylation is 1. The second-order valence-corrected chi connectivity index (χ2v) is 9.56. The number of nitrogens with one attached hydrogen (secondary N) is 1. The molecule has 2 aromatic heterocycles. The zero-order chi connectivity index (χ0) is 23.5. The molecular formula is C25H34N6O3. The first-order valence-corrected chi connectivity index (χ1v) is 12.5. The van der Waals surface area contributed by atoms with Crippen LogP contribution >= 0.6 is 0 Å². The molecule has 34 heavy (non-hydrogen) atoms. The van der Waals surface area contributed by atoms with Gasteiger partial charge in [0.05, 0.1) is 24.8 Å². The van der Waals surface area contributed by atoms with Crippen LogP contribution in [0, 0.1) is 6.92 Å². The fraction of sp³-hybridized carbons (Fsp3) is 0.600. The molecule has 4 heterocycles. The van der Waals surface area contributed by atoms with Gasteiger partial charge in [-0.2, -0.15) is 0 Å². The van der Waals surface area contributed by atoms with Crippen LogP contribution in [0.3, 0.4) is 0 Å². The summed E-state index contributed by atoms with van der Waals surface area (Å²) in [6, 6.07) is 8.08. The lowest BCUT2D eigenvalue weighted by molar-refractivity contribution is 0.0470. The smallest absolute Gasteiger partial charge is 0.252 e. The van der Waals surface area contributed by atoms with E-state index in [1.165, 1.54) is 5.56 Å². The summed E-state index contributed by atoms with van der Waals surface area (Å²) >= 11 is 0. The molecule has 0 amide bonds. The standard InChI is InChI=1S/C25H34N6O3/c1-3-23(24-27-28-29-31(24)16-21-7-5-11-34-21)30(15-20-6-4-10-33-20)14-19-13-18-12-17(2)8-9-22(18)26-25(19)32/h8-9,12-13,20-21,23H,3-7,10-11,14-16H2,1-2H3,(H,26,32)/t20-,21+,23+/m0/s1. The molecule has 182 valence electrons. The summed E-state index contributed by atoms with van der Waals surface area (Å²) in [4.78, 5) is 18.4. The lowest BCUT2D eigenvalue weighted by Gasteiger charge is -2.32. The van der Waals surface area contributed by atoms with Gasteiger partial charge in [0, 0.05) is 37.4 Å². The summed E-state index contributed by atoms with van der Waals surface area (Å²) in [5.74, 6) is 0.823. The number of fused-ring (bicyclic) bond motifs is 1. The van der Waals surface area contributed by atoms with Crippen molar-refractivity contribution in [3.8, 4) is 0 Å². The molecule has 1 aromatic carbocycles.